The number of fused-ring (bicyclic) bond motifs is 1. The molecule has 1 aliphatic rings. The molecule has 0 spiro atoms. The van der Waals surface area contributed by atoms with Crippen LogP contribution in [0.15, 0.2) is 36.4 Å². The number of aromatic nitrogens is 2. The molecule has 3 aromatic rings. The number of methoxy groups -OCH3 is 1. The summed E-state index contributed by atoms with van der Waals surface area (Å²) in [7, 11) is 1.66. The van der Waals surface area contributed by atoms with E-state index in [1.165, 1.54) is 11.5 Å². The number of carbonyl (C=O) groups excluding carboxylic acids is 1. The van der Waals surface area contributed by atoms with Crippen LogP contribution in [-0.4, -0.2) is 35.5 Å². The van der Waals surface area contributed by atoms with Gasteiger partial charge in [0.15, 0.2) is 0 Å². The maximum absolute atomic E-state index is 12.9. The molecule has 1 amide bonds. The van der Waals surface area contributed by atoms with E-state index >= 15 is 0 Å². The summed E-state index contributed by atoms with van der Waals surface area (Å²) in [5.74, 6) is 1.66. The van der Waals surface area contributed by atoms with Crippen LogP contribution in [0.5, 0.6) is 5.75 Å². The highest BCUT2D eigenvalue weighted by atomic mass is 32.1. The zero-order chi connectivity index (χ0) is 19.7. The summed E-state index contributed by atoms with van der Waals surface area (Å²) in [4.78, 5) is 19.1. The highest BCUT2D eigenvalue weighted by Crippen LogP contribution is 2.35. The Kier molecular flexibility index (Phi) is 5.00. The molecule has 2 heterocycles. The van der Waals surface area contributed by atoms with Gasteiger partial charge in [-0.3, -0.25) is 4.79 Å². The second-order valence-corrected chi connectivity index (χ2v) is 7.54. The molecule has 7 heteroatoms. The molecule has 0 radical (unpaired) electrons. The first kappa shape index (κ1) is 18.4. The Morgan fingerprint density at radius 2 is 2.14 bits per heavy atom. The van der Waals surface area contributed by atoms with E-state index in [-0.39, 0.29) is 12.5 Å². The fraction of sp³-hybridized carbons (Fsp3) is 0.286. The summed E-state index contributed by atoms with van der Waals surface area (Å²) in [6, 6.07) is 11.9. The molecule has 28 heavy (non-hydrogen) atoms. The van der Waals surface area contributed by atoms with Gasteiger partial charge in [0.2, 0.25) is 5.91 Å². The van der Waals surface area contributed by atoms with Crippen LogP contribution in [-0.2, 0) is 11.2 Å². The van der Waals surface area contributed by atoms with Crippen LogP contribution in [0, 0.1) is 13.8 Å². The van der Waals surface area contributed by atoms with Crippen molar-refractivity contribution in [1.29, 1.82) is 0 Å². The van der Waals surface area contributed by atoms with Crippen molar-refractivity contribution < 1.29 is 9.53 Å². The highest BCUT2D eigenvalue weighted by Gasteiger charge is 2.26. The minimum Gasteiger partial charge on any atom is -0.496 e. The number of amides is 1. The fourth-order valence-corrected chi connectivity index (χ4v) is 4.14. The van der Waals surface area contributed by atoms with Gasteiger partial charge in [-0.05, 0) is 55.6 Å². The molecule has 0 aliphatic carbocycles. The minimum absolute atomic E-state index is 0.0450. The summed E-state index contributed by atoms with van der Waals surface area (Å²) in [5.41, 5.74) is 5.07. The van der Waals surface area contributed by atoms with E-state index in [2.05, 4.69) is 14.7 Å². The van der Waals surface area contributed by atoms with Crippen LogP contribution in [0.4, 0.5) is 11.4 Å². The van der Waals surface area contributed by atoms with Gasteiger partial charge in [0, 0.05) is 23.4 Å². The van der Waals surface area contributed by atoms with E-state index in [9.17, 15) is 4.79 Å². The molecule has 0 fully saturated rings. The Balaban J connectivity index is 1.49. The van der Waals surface area contributed by atoms with E-state index < -0.39 is 0 Å². The summed E-state index contributed by atoms with van der Waals surface area (Å²) in [6.07, 6.45) is 0.815. The number of carbonyl (C=O) groups is 1. The Morgan fingerprint density at radius 3 is 2.89 bits per heavy atom. The number of hydrogen-bond acceptors (Lipinski definition) is 6. The van der Waals surface area contributed by atoms with Gasteiger partial charge in [-0.15, -0.1) is 0 Å². The first-order chi connectivity index (χ1) is 13.6. The van der Waals surface area contributed by atoms with Crippen molar-refractivity contribution in [2.24, 2.45) is 0 Å². The number of aryl methyl sites for hydroxylation is 2. The van der Waals surface area contributed by atoms with Gasteiger partial charge in [0.25, 0.3) is 0 Å². The van der Waals surface area contributed by atoms with Crippen molar-refractivity contribution in [2.75, 3.05) is 30.4 Å². The molecule has 1 aromatic heterocycles. The number of nitrogens with one attached hydrogen (secondary N) is 1. The molecule has 0 saturated heterocycles. The number of nitrogens with zero attached hydrogens (tertiary/aromatic N) is 3. The third kappa shape index (κ3) is 3.45. The van der Waals surface area contributed by atoms with Gasteiger partial charge >= 0.3 is 0 Å². The maximum Gasteiger partial charge on any atom is 0.246 e. The second-order valence-electron chi connectivity index (χ2n) is 6.78. The summed E-state index contributed by atoms with van der Waals surface area (Å²) < 4.78 is 9.67. The summed E-state index contributed by atoms with van der Waals surface area (Å²) >= 11 is 1.38. The number of anilines is 2. The molecule has 1 aliphatic heterocycles. The smallest absolute Gasteiger partial charge is 0.246 e. The van der Waals surface area contributed by atoms with Gasteiger partial charge in [0.1, 0.15) is 16.6 Å². The van der Waals surface area contributed by atoms with Crippen molar-refractivity contribution in [3.8, 4) is 16.3 Å². The Labute approximate surface area is 168 Å². The van der Waals surface area contributed by atoms with Crippen molar-refractivity contribution in [3.63, 3.8) is 0 Å². The predicted octanol–water partition coefficient (Wildman–Crippen LogP) is 3.83. The van der Waals surface area contributed by atoms with Gasteiger partial charge in [-0.25, -0.2) is 4.98 Å². The summed E-state index contributed by atoms with van der Waals surface area (Å²) in [5, 5.41) is 4.18. The zero-order valence-electron chi connectivity index (χ0n) is 16.2. The third-order valence-corrected chi connectivity index (χ3v) is 5.80. The second kappa shape index (κ2) is 7.59. The topological polar surface area (TPSA) is 67.3 Å². The molecular formula is C21H22N4O2S. The monoisotopic (exact) mass is 394 g/mol. The molecule has 0 saturated carbocycles. The first-order valence-corrected chi connectivity index (χ1v) is 9.95. The van der Waals surface area contributed by atoms with Crippen LogP contribution in [0.1, 0.15) is 17.0 Å². The van der Waals surface area contributed by atoms with E-state index in [1.807, 2.05) is 55.1 Å². The highest BCUT2D eigenvalue weighted by molar-refractivity contribution is 7.09. The van der Waals surface area contributed by atoms with E-state index in [0.29, 0.717) is 6.54 Å². The van der Waals surface area contributed by atoms with E-state index in [0.717, 1.165) is 51.1 Å². The van der Waals surface area contributed by atoms with Crippen molar-refractivity contribution in [1.82, 2.24) is 9.36 Å². The molecule has 4 rings (SSSR count). The summed E-state index contributed by atoms with van der Waals surface area (Å²) in [6.45, 7) is 4.82. The number of hydrogen-bond donors (Lipinski definition) is 1. The quantitative estimate of drug-likeness (QED) is 0.712. The lowest BCUT2D eigenvalue weighted by Crippen LogP contribution is -2.34. The van der Waals surface area contributed by atoms with E-state index in [4.69, 9.17) is 4.74 Å². The number of benzene rings is 2. The van der Waals surface area contributed by atoms with Crippen LogP contribution in [0.3, 0.4) is 0 Å². The standard InChI is InChI=1S/C21H22N4O2S/c1-13-7-8-15(21-23-14(2)24-28-21)11-17(13)22-12-20(26)25-10-9-16-18(25)5-4-6-19(16)27-3/h4-8,11,22H,9-10,12H2,1-3H3. The molecule has 6 nitrogen and oxygen atoms in total. The van der Waals surface area contributed by atoms with Gasteiger partial charge in [-0.1, -0.05) is 18.2 Å². The lowest BCUT2D eigenvalue weighted by molar-refractivity contribution is -0.116. The van der Waals surface area contributed by atoms with Gasteiger partial charge in [0.05, 0.1) is 19.3 Å². The maximum atomic E-state index is 12.9. The van der Waals surface area contributed by atoms with Crippen LogP contribution in [0.25, 0.3) is 10.6 Å². The zero-order valence-corrected chi connectivity index (χ0v) is 17.0. The number of ether oxygens (including phenoxy) is 1. The molecule has 0 unspecified atom stereocenters. The molecule has 1 N–H and O–H groups in total. The van der Waals surface area contributed by atoms with Crippen LogP contribution < -0.4 is 15.0 Å². The van der Waals surface area contributed by atoms with Crippen molar-refractivity contribution in [2.45, 2.75) is 20.3 Å². The van der Waals surface area contributed by atoms with Crippen molar-refractivity contribution >= 4 is 28.8 Å². The molecule has 144 valence electrons. The molecule has 0 atom stereocenters. The largest absolute Gasteiger partial charge is 0.496 e. The lowest BCUT2D eigenvalue weighted by Gasteiger charge is -2.19. The normalized spacial score (nSPS) is 12.8. The lowest BCUT2D eigenvalue weighted by atomic mass is 10.1. The van der Waals surface area contributed by atoms with Crippen molar-refractivity contribution in [3.05, 3.63) is 53.3 Å². The fourth-order valence-electron chi connectivity index (χ4n) is 3.48. The SMILES string of the molecule is COc1cccc2c1CCN2C(=O)CNc1cc(-c2nc(C)ns2)ccc1C. The molecule has 2 aromatic carbocycles. The molecular weight excluding hydrogens is 372 g/mol. The van der Waals surface area contributed by atoms with Crippen LogP contribution in [0.2, 0.25) is 0 Å². The van der Waals surface area contributed by atoms with Crippen LogP contribution >= 0.6 is 11.5 Å². The minimum atomic E-state index is 0.0450. The Bertz CT molecular complexity index is 1030. The average Bonchev–Trinajstić information content (AvgIpc) is 3.33. The third-order valence-electron chi connectivity index (χ3n) is 4.95. The van der Waals surface area contributed by atoms with E-state index in [1.54, 1.807) is 7.11 Å². The Morgan fingerprint density at radius 1 is 1.29 bits per heavy atom. The average molecular weight is 395 g/mol. The van der Waals surface area contributed by atoms with Gasteiger partial charge in [-0.2, -0.15) is 4.37 Å². The first-order valence-electron chi connectivity index (χ1n) is 9.18. The Hall–Kier alpha value is -2.93. The number of rotatable bonds is 5. The predicted molar refractivity (Wildman–Crippen MR) is 112 cm³/mol. The molecule has 0 bridgehead atoms. The van der Waals surface area contributed by atoms with Gasteiger partial charge < -0.3 is 15.0 Å².